The number of ketones is 1. The number of pyridine rings is 1. The van der Waals surface area contributed by atoms with Crippen LogP contribution in [0.3, 0.4) is 0 Å². The predicted molar refractivity (Wildman–Crippen MR) is 93.8 cm³/mol. The number of nitrogens with one attached hydrogen (secondary N) is 1. The second kappa shape index (κ2) is 9.93. The maximum Gasteiger partial charge on any atom is 0.243 e. The van der Waals surface area contributed by atoms with E-state index in [2.05, 4.69) is 10.3 Å². The first kappa shape index (κ1) is 19.1. The summed E-state index contributed by atoms with van der Waals surface area (Å²) in [4.78, 5) is 27.4. The average molecular weight is 316 g/mol. The van der Waals surface area contributed by atoms with E-state index in [1.165, 1.54) is 6.08 Å². The van der Waals surface area contributed by atoms with Crippen LogP contribution in [0.4, 0.5) is 0 Å². The van der Waals surface area contributed by atoms with Crippen molar-refractivity contribution in [1.82, 2.24) is 10.3 Å². The van der Waals surface area contributed by atoms with E-state index < -0.39 is 0 Å². The van der Waals surface area contributed by atoms with Crippen LogP contribution >= 0.6 is 0 Å². The standard InChI is InChI=1S/C19H28N2O2/c1-19(2,3)17(22)10-6-4-5-7-14-21-18(23)12-11-16-9-8-13-20-15-16/h8-9,11-13,15H,4-7,10,14H2,1-3H3,(H,21,23)/b12-11+. The molecule has 126 valence electrons. The number of carbonyl (C=O) groups is 2. The van der Waals surface area contributed by atoms with Crippen LogP contribution in [0.5, 0.6) is 0 Å². The fourth-order valence-electron chi connectivity index (χ4n) is 2.06. The first-order chi connectivity index (χ1) is 10.9. The van der Waals surface area contributed by atoms with Crippen molar-refractivity contribution >= 4 is 17.8 Å². The van der Waals surface area contributed by atoms with Gasteiger partial charge in [-0.2, -0.15) is 0 Å². The van der Waals surface area contributed by atoms with Crippen molar-refractivity contribution in [1.29, 1.82) is 0 Å². The van der Waals surface area contributed by atoms with Gasteiger partial charge in [0.1, 0.15) is 5.78 Å². The monoisotopic (exact) mass is 316 g/mol. The summed E-state index contributed by atoms with van der Waals surface area (Å²) < 4.78 is 0. The summed E-state index contributed by atoms with van der Waals surface area (Å²) in [5.74, 6) is 0.239. The van der Waals surface area contributed by atoms with Gasteiger partial charge in [0.15, 0.2) is 0 Å². The van der Waals surface area contributed by atoms with Gasteiger partial charge in [-0.15, -0.1) is 0 Å². The Balaban J connectivity index is 2.06. The van der Waals surface area contributed by atoms with Crippen LogP contribution in [0.2, 0.25) is 0 Å². The van der Waals surface area contributed by atoms with E-state index in [0.29, 0.717) is 18.7 Å². The highest BCUT2D eigenvalue weighted by Crippen LogP contribution is 2.18. The second-order valence-corrected chi connectivity index (χ2v) is 6.75. The third-order valence-corrected chi connectivity index (χ3v) is 3.58. The van der Waals surface area contributed by atoms with E-state index in [1.807, 2.05) is 32.9 Å². The van der Waals surface area contributed by atoms with Gasteiger partial charge in [-0.3, -0.25) is 14.6 Å². The van der Waals surface area contributed by atoms with Crippen LogP contribution in [0.15, 0.2) is 30.6 Å². The molecule has 1 rings (SSSR count). The topological polar surface area (TPSA) is 59.1 Å². The summed E-state index contributed by atoms with van der Waals surface area (Å²) in [6, 6.07) is 3.73. The van der Waals surface area contributed by atoms with Gasteiger partial charge in [0, 0.05) is 36.9 Å². The molecular weight excluding hydrogens is 288 g/mol. The zero-order chi connectivity index (χ0) is 17.1. The quantitative estimate of drug-likeness (QED) is 0.557. The molecular formula is C19H28N2O2. The minimum atomic E-state index is -0.228. The Bertz CT molecular complexity index is 516. The molecule has 0 aliphatic carbocycles. The molecule has 1 aromatic rings. The van der Waals surface area contributed by atoms with Gasteiger partial charge in [0.25, 0.3) is 0 Å². The van der Waals surface area contributed by atoms with Crippen LogP contribution in [-0.4, -0.2) is 23.2 Å². The molecule has 0 saturated carbocycles. The number of carbonyl (C=O) groups excluding carboxylic acids is 2. The van der Waals surface area contributed by atoms with Crippen molar-refractivity contribution in [2.24, 2.45) is 5.41 Å². The number of hydrogen-bond donors (Lipinski definition) is 1. The first-order valence-corrected chi connectivity index (χ1v) is 8.29. The van der Waals surface area contributed by atoms with Crippen LogP contribution < -0.4 is 5.32 Å². The van der Waals surface area contributed by atoms with E-state index in [-0.39, 0.29) is 11.3 Å². The van der Waals surface area contributed by atoms with Crippen molar-refractivity contribution in [3.05, 3.63) is 36.2 Å². The summed E-state index contributed by atoms with van der Waals surface area (Å²) >= 11 is 0. The fraction of sp³-hybridized carbons (Fsp3) is 0.526. The number of hydrogen-bond acceptors (Lipinski definition) is 3. The molecule has 0 aliphatic rings. The Labute approximate surface area is 139 Å². The maximum atomic E-state index is 11.8. The lowest BCUT2D eigenvalue weighted by atomic mass is 9.88. The molecule has 0 radical (unpaired) electrons. The molecule has 0 aliphatic heterocycles. The summed E-state index contributed by atoms with van der Waals surface area (Å²) in [7, 11) is 0. The van der Waals surface area contributed by atoms with E-state index in [1.54, 1.807) is 18.5 Å². The third kappa shape index (κ3) is 8.91. The zero-order valence-electron chi connectivity index (χ0n) is 14.5. The van der Waals surface area contributed by atoms with Crippen LogP contribution in [0.25, 0.3) is 6.08 Å². The minimum Gasteiger partial charge on any atom is -0.353 e. The maximum absolute atomic E-state index is 11.8. The first-order valence-electron chi connectivity index (χ1n) is 8.29. The Morgan fingerprint density at radius 3 is 2.57 bits per heavy atom. The molecule has 0 saturated heterocycles. The molecule has 1 N–H and O–H groups in total. The molecule has 0 bridgehead atoms. The number of rotatable bonds is 9. The lowest BCUT2D eigenvalue weighted by Crippen LogP contribution is -2.22. The van der Waals surface area contributed by atoms with Crippen molar-refractivity contribution < 1.29 is 9.59 Å². The Morgan fingerprint density at radius 1 is 1.17 bits per heavy atom. The van der Waals surface area contributed by atoms with Crippen LogP contribution in [-0.2, 0) is 9.59 Å². The average Bonchev–Trinajstić information content (AvgIpc) is 2.52. The molecule has 1 amide bonds. The summed E-state index contributed by atoms with van der Waals surface area (Å²) in [6.45, 7) is 6.56. The van der Waals surface area contributed by atoms with E-state index >= 15 is 0 Å². The van der Waals surface area contributed by atoms with Crippen molar-refractivity contribution in [3.63, 3.8) is 0 Å². The molecule has 0 unspecified atom stereocenters. The highest BCUT2D eigenvalue weighted by Gasteiger charge is 2.19. The van der Waals surface area contributed by atoms with Crippen molar-refractivity contribution in [3.8, 4) is 0 Å². The smallest absolute Gasteiger partial charge is 0.243 e. The lowest BCUT2D eigenvalue weighted by molar-refractivity contribution is -0.126. The predicted octanol–water partition coefficient (Wildman–Crippen LogP) is 3.78. The molecule has 4 heteroatoms. The highest BCUT2D eigenvalue weighted by molar-refractivity contribution is 5.91. The van der Waals surface area contributed by atoms with Crippen LogP contribution in [0.1, 0.15) is 58.4 Å². The van der Waals surface area contributed by atoms with Gasteiger partial charge in [-0.1, -0.05) is 39.7 Å². The SMILES string of the molecule is CC(C)(C)C(=O)CCCCCCNC(=O)/C=C/c1cccnc1. The van der Waals surface area contributed by atoms with Crippen LogP contribution in [0, 0.1) is 5.41 Å². The van der Waals surface area contributed by atoms with Gasteiger partial charge in [-0.05, 0) is 30.5 Å². The molecule has 4 nitrogen and oxygen atoms in total. The summed E-state index contributed by atoms with van der Waals surface area (Å²) in [5, 5.41) is 2.86. The highest BCUT2D eigenvalue weighted by atomic mass is 16.1. The van der Waals surface area contributed by atoms with Gasteiger partial charge in [-0.25, -0.2) is 0 Å². The Kier molecular flexibility index (Phi) is 8.23. The number of unbranched alkanes of at least 4 members (excludes halogenated alkanes) is 3. The van der Waals surface area contributed by atoms with Gasteiger partial charge in [0.05, 0.1) is 0 Å². The van der Waals surface area contributed by atoms with Gasteiger partial charge >= 0.3 is 0 Å². The van der Waals surface area contributed by atoms with E-state index in [9.17, 15) is 9.59 Å². The largest absolute Gasteiger partial charge is 0.353 e. The molecule has 1 heterocycles. The number of nitrogens with zero attached hydrogens (tertiary/aromatic N) is 1. The second-order valence-electron chi connectivity index (χ2n) is 6.75. The normalized spacial score (nSPS) is 11.6. The van der Waals surface area contributed by atoms with Gasteiger partial charge < -0.3 is 5.32 Å². The summed E-state index contributed by atoms with van der Waals surface area (Å²) in [6.07, 6.45) is 11.3. The summed E-state index contributed by atoms with van der Waals surface area (Å²) in [5.41, 5.74) is 0.681. The molecule has 23 heavy (non-hydrogen) atoms. The Morgan fingerprint density at radius 2 is 1.91 bits per heavy atom. The molecule has 0 aromatic carbocycles. The molecule has 0 atom stereocenters. The van der Waals surface area contributed by atoms with E-state index in [0.717, 1.165) is 31.2 Å². The van der Waals surface area contributed by atoms with Crippen molar-refractivity contribution in [2.45, 2.75) is 52.9 Å². The minimum absolute atomic E-state index is 0.0863. The molecule has 1 aromatic heterocycles. The third-order valence-electron chi connectivity index (χ3n) is 3.58. The number of aromatic nitrogens is 1. The van der Waals surface area contributed by atoms with E-state index in [4.69, 9.17) is 0 Å². The molecule has 0 fully saturated rings. The zero-order valence-corrected chi connectivity index (χ0v) is 14.5. The number of amides is 1. The van der Waals surface area contributed by atoms with Crippen molar-refractivity contribution in [2.75, 3.05) is 6.54 Å². The Hall–Kier alpha value is -1.97. The molecule has 0 spiro atoms. The number of Topliss-reactive ketones (excluding diaryl/α,β-unsaturated/α-hetero) is 1. The fourth-order valence-corrected chi connectivity index (χ4v) is 2.06. The van der Waals surface area contributed by atoms with Gasteiger partial charge in [0.2, 0.25) is 5.91 Å². The lowest BCUT2D eigenvalue weighted by Gasteiger charge is -2.16.